The van der Waals surface area contributed by atoms with Gasteiger partial charge in [-0.3, -0.25) is 9.52 Å². The van der Waals surface area contributed by atoms with Crippen molar-refractivity contribution in [3.8, 4) is 5.75 Å². The van der Waals surface area contributed by atoms with Gasteiger partial charge in [-0.1, -0.05) is 62.7 Å². The number of para-hydroxylation sites is 1. The topological polar surface area (TPSA) is 84.5 Å². The molecule has 3 aromatic carbocycles. The third-order valence-corrected chi connectivity index (χ3v) is 7.21. The molecule has 0 bridgehead atoms. The van der Waals surface area contributed by atoms with Crippen LogP contribution in [-0.4, -0.2) is 27.5 Å². The minimum absolute atomic E-state index is 0.0607. The molecule has 35 heavy (non-hydrogen) atoms. The fraction of sp³-hybridized carbons (Fsp3) is 0.321. The summed E-state index contributed by atoms with van der Waals surface area (Å²) in [5.41, 5.74) is 4.25. The van der Waals surface area contributed by atoms with Crippen LogP contribution < -0.4 is 14.8 Å². The second-order valence-electron chi connectivity index (χ2n) is 9.75. The lowest BCUT2D eigenvalue weighted by molar-refractivity contribution is 0.0946. The molecule has 1 amide bonds. The predicted octanol–water partition coefficient (Wildman–Crippen LogP) is 5.52. The number of nitrogens with one attached hydrogen (secondary N) is 2. The molecule has 0 aromatic heterocycles. The highest BCUT2D eigenvalue weighted by molar-refractivity contribution is 7.92. The van der Waals surface area contributed by atoms with Crippen LogP contribution in [0, 0.1) is 20.8 Å². The van der Waals surface area contributed by atoms with Crippen molar-refractivity contribution in [3.05, 3.63) is 88.5 Å². The molecule has 0 aliphatic heterocycles. The quantitative estimate of drug-likeness (QED) is 0.404. The number of anilines is 1. The maximum absolute atomic E-state index is 13.1. The number of ether oxygens (including phenoxy) is 1. The molecule has 0 spiro atoms. The van der Waals surface area contributed by atoms with Crippen LogP contribution in [0.3, 0.4) is 0 Å². The second kappa shape index (κ2) is 10.5. The molecular weight excluding hydrogens is 460 g/mol. The van der Waals surface area contributed by atoms with Crippen LogP contribution >= 0.6 is 0 Å². The smallest absolute Gasteiger partial charge is 0.262 e. The maximum Gasteiger partial charge on any atom is 0.262 e. The van der Waals surface area contributed by atoms with Crippen molar-refractivity contribution in [2.24, 2.45) is 0 Å². The minimum atomic E-state index is -3.87. The molecule has 0 unspecified atom stereocenters. The number of sulfonamides is 1. The third-order valence-electron chi connectivity index (χ3n) is 5.71. The van der Waals surface area contributed by atoms with Gasteiger partial charge in [0.1, 0.15) is 12.4 Å². The average molecular weight is 495 g/mol. The Hall–Kier alpha value is -3.32. The Balaban J connectivity index is 1.68. The van der Waals surface area contributed by atoms with Crippen molar-refractivity contribution in [1.82, 2.24) is 5.32 Å². The predicted molar refractivity (Wildman–Crippen MR) is 141 cm³/mol. The lowest BCUT2D eigenvalue weighted by Gasteiger charge is -2.22. The van der Waals surface area contributed by atoms with Crippen LogP contribution in [0.2, 0.25) is 0 Å². The van der Waals surface area contributed by atoms with E-state index in [1.54, 1.807) is 25.1 Å². The first kappa shape index (κ1) is 26.3. The maximum atomic E-state index is 13.1. The molecule has 2 N–H and O–H groups in total. The monoisotopic (exact) mass is 494 g/mol. The number of hydrogen-bond acceptors (Lipinski definition) is 4. The van der Waals surface area contributed by atoms with Gasteiger partial charge in [0.05, 0.1) is 17.1 Å². The standard InChI is InChI=1S/C28H34N2O4S/c1-19-11-14-24(21(3)17-19)30-35(32,33)26-18-22(13-12-20(26)2)27(31)29-15-16-34-25-10-8-7-9-23(25)28(4,5)6/h7-14,17-18,30H,15-16H2,1-6H3,(H,29,31). The van der Waals surface area contributed by atoms with Gasteiger partial charge in [0.2, 0.25) is 0 Å². The van der Waals surface area contributed by atoms with E-state index < -0.39 is 10.0 Å². The number of rotatable bonds is 8. The van der Waals surface area contributed by atoms with Crippen molar-refractivity contribution in [2.45, 2.75) is 51.9 Å². The molecule has 186 valence electrons. The van der Waals surface area contributed by atoms with Crippen LogP contribution in [0.4, 0.5) is 5.69 Å². The van der Waals surface area contributed by atoms with Crippen molar-refractivity contribution in [2.75, 3.05) is 17.9 Å². The van der Waals surface area contributed by atoms with E-state index >= 15 is 0 Å². The summed E-state index contributed by atoms with van der Waals surface area (Å²) >= 11 is 0. The molecule has 0 saturated carbocycles. The highest BCUT2D eigenvalue weighted by Crippen LogP contribution is 2.30. The summed E-state index contributed by atoms with van der Waals surface area (Å²) in [5.74, 6) is 0.427. The summed E-state index contributed by atoms with van der Waals surface area (Å²) in [4.78, 5) is 12.8. The fourth-order valence-corrected chi connectivity index (χ4v) is 5.20. The number of hydrogen-bond donors (Lipinski definition) is 2. The van der Waals surface area contributed by atoms with Crippen LogP contribution in [-0.2, 0) is 15.4 Å². The molecule has 6 nitrogen and oxygen atoms in total. The Morgan fingerprint density at radius 3 is 2.31 bits per heavy atom. The Morgan fingerprint density at radius 1 is 0.914 bits per heavy atom. The molecule has 0 saturated heterocycles. The van der Waals surface area contributed by atoms with E-state index in [9.17, 15) is 13.2 Å². The van der Waals surface area contributed by atoms with E-state index in [1.807, 2.05) is 50.2 Å². The Morgan fingerprint density at radius 2 is 1.63 bits per heavy atom. The second-order valence-corrected chi connectivity index (χ2v) is 11.4. The molecule has 0 aliphatic rings. The molecule has 0 heterocycles. The highest BCUT2D eigenvalue weighted by Gasteiger charge is 2.21. The molecular formula is C28H34N2O4S. The zero-order valence-corrected chi connectivity index (χ0v) is 22.0. The summed E-state index contributed by atoms with van der Waals surface area (Å²) < 4.78 is 34.8. The van der Waals surface area contributed by atoms with Crippen molar-refractivity contribution >= 4 is 21.6 Å². The van der Waals surface area contributed by atoms with Crippen molar-refractivity contribution in [3.63, 3.8) is 0 Å². The van der Waals surface area contributed by atoms with E-state index in [0.717, 1.165) is 22.4 Å². The van der Waals surface area contributed by atoms with Gasteiger partial charge in [0.25, 0.3) is 15.9 Å². The van der Waals surface area contributed by atoms with E-state index in [0.29, 0.717) is 17.9 Å². The fourth-order valence-electron chi connectivity index (χ4n) is 3.80. The normalized spacial score (nSPS) is 11.7. The number of benzene rings is 3. The van der Waals surface area contributed by atoms with Crippen molar-refractivity contribution in [1.29, 1.82) is 0 Å². The first-order valence-electron chi connectivity index (χ1n) is 11.6. The summed E-state index contributed by atoms with van der Waals surface area (Å²) in [5, 5.41) is 2.81. The number of amides is 1. The Labute approximate surface area is 208 Å². The van der Waals surface area contributed by atoms with E-state index in [1.165, 1.54) is 6.07 Å². The largest absolute Gasteiger partial charge is 0.491 e. The summed E-state index contributed by atoms with van der Waals surface area (Å²) in [6.07, 6.45) is 0. The zero-order chi connectivity index (χ0) is 25.8. The number of carbonyl (C=O) groups excluding carboxylic acids is 1. The zero-order valence-electron chi connectivity index (χ0n) is 21.2. The number of carbonyl (C=O) groups is 1. The molecule has 0 atom stereocenters. The van der Waals surface area contributed by atoms with Gasteiger partial charge in [-0.15, -0.1) is 0 Å². The summed E-state index contributed by atoms with van der Waals surface area (Å²) in [6, 6.07) is 18.0. The van der Waals surface area contributed by atoms with Crippen LogP contribution in [0.25, 0.3) is 0 Å². The van der Waals surface area contributed by atoms with Gasteiger partial charge in [0, 0.05) is 5.56 Å². The van der Waals surface area contributed by atoms with Gasteiger partial charge in [-0.2, -0.15) is 0 Å². The van der Waals surface area contributed by atoms with Gasteiger partial charge >= 0.3 is 0 Å². The molecule has 0 fully saturated rings. The molecule has 0 aliphatic carbocycles. The van der Waals surface area contributed by atoms with E-state index in [2.05, 4.69) is 30.8 Å². The minimum Gasteiger partial charge on any atom is -0.491 e. The molecule has 3 rings (SSSR count). The van der Waals surface area contributed by atoms with E-state index in [4.69, 9.17) is 4.74 Å². The van der Waals surface area contributed by atoms with Gasteiger partial charge in [-0.25, -0.2) is 8.42 Å². The van der Waals surface area contributed by atoms with Gasteiger partial charge < -0.3 is 10.1 Å². The van der Waals surface area contributed by atoms with Gasteiger partial charge in [0.15, 0.2) is 0 Å². The number of aryl methyl sites for hydroxylation is 3. The van der Waals surface area contributed by atoms with Crippen LogP contribution in [0.1, 0.15) is 53.4 Å². The molecule has 7 heteroatoms. The van der Waals surface area contributed by atoms with Crippen LogP contribution in [0.15, 0.2) is 65.6 Å². The molecule has 0 radical (unpaired) electrons. The Kier molecular flexibility index (Phi) is 7.90. The first-order chi connectivity index (χ1) is 16.4. The average Bonchev–Trinajstić information content (AvgIpc) is 2.78. The Bertz CT molecular complexity index is 1330. The highest BCUT2D eigenvalue weighted by atomic mass is 32.2. The first-order valence-corrected chi connectivity index (χ1v) is 13.1. The van der Waals surface area contributed by atoms with Crippen LogP contribution in [0.5, 0.6) is 5.75 Å². The summed E-state index contributed by atoms with van der Waals surface area (Å²) in [6.45, 7) is 12.4. The summed E-state index contributed by atoms with van der Waals surface area (Å²) in [7, 11) is -3.87. The lowest BCUT2D eigenvalue weighted by Crippen LogP contribution is -2.28. The van der Waals surface area contributed by atoms with E-state index in [-0.39, 0.29) is 28.3 Å². The molecule has 3 aromatic rings. The van der Waals surface area contributed by atoms with Crippen molar-refractivity contribution < 1.29 is 17.9 Å². The SMILES string of the molecule is Cc1ccc(NS(=O)(=O)c2cc(C(=O)NCCOc3ccccc3C(C)(C)C)ccc2C)c(C)c1. The third kappa shape index (κ3) is 6.63. The lowest BCUT2D eigenvalue weighted by atomic mass is 9.86. The van der Waals surface area contributed by atoms with Gasteiger partial charge in [-0.05, 0) is 67.1 Å².